The first-order valence-corrected chi connectivity index (χ1v) is 3.80. The first-order chi connectivity index (χ1) is 6.30. The van der Waals surface area contributed by atoms with E-state index in [9.17, 15) is 17.6 Å². The van der Waals surface area contributed by atoms with Crippen molar-refractivity contribution in [3.8, 4) is 0 Å². The van der Waals surface area contributed by atoms with E-state index in [0.717, 1.165) is 0 Å². The van der Waals surface area contributed by atoms with Crippen molar-refractivity contribution in [1.29, 1.82) is 0 Å². The van der Waals surface area contributed by atoms with Crippen LogP contribution in [-0.4, -0.2) is 29.5 Å². The number of allylic oxidation sites excluding steroid dienone is 4. The summed E-state index contributed by atoms with van der Waals surface area (Å²) in [5.41, 5.74) is -1.55. The molecule has 14 heavy (non-hydrogen) atoms. The molecule has 0 saturated carbocycles. The molecule has 0 aromatic heterocycles. The van der Waals surface area contributed by atoms with Gasteiger partial charge in [-0.2, -0.15) is 13.2 Å². The largest absolute Gasteiger partial charge is 0.484 e. The molecule has 2 nitrogen and oxygen atoms in total. The molecule has 0 aromatic rings. The van der Waals surface area contributed by atoms with Crippen molar-refractivity contribution in [2.24, 2.45) is 0 Å². The van der Waals surface area contributed by atoms with Crippen LogP contribution in [0, 0.1) is 0 Å². The third-order valence-electron chi connectivity index (χ3n) is 1.79. The normalized spacial score (nSPS) is 22.9. The van der Waals surface area contributed by atoms with Crippen LogP contribution in [0.1, 0.15) is 6.42 Å². The lowest BCUT2D eigenvalue weighted by molar-refractivity contribution is -0.0891. The zero-order chi connectivity index (χ0) is 10.9. The fourth-order valence-electron chi connectivity index (χ4n) is 1.14. The minimum Gasteiger partial charge on any atom is -0.423 e. The average molecular weight is 210 g/mol. The molecule has 1 rings (SSSR count). The number of hydrogen-bond donors (Lipinski definition) is 2. The molecule has 1 atom stereocenters. The van der Waals surface area contributed by atoms with E-state index in [1.54, 1.807) is 0 Å². The van der Waals surface area contributed by atoms with Crippen molar-refractivity contribution >= 4 is 7.12 Å². The maximum Gasteiger partial charge on any atom is 0.484 e. The third kappa shape index (κ3) is 2.59. The van der Waals surface area contributed by atoms with Crippen LogP contribution in [0.15, 0.2) is 23.2 Å². The van der Waals surface area contributed by atoms with Gasteiger partial charge in [-0.1, -0.05) is 6.08 Å². The average Bonchev–Trinajstić information content (AvgIpc) is 2.01. The summed E-state index contributed by atoms with van der Waals surface area (Å²) >= 11 is 0. The molecule has 0 bridgehead atoms. The van der Waals surface area contributed by atoms with Gasteiger partial charge in [-0.15, -0.1) is 0 Å². The van der Waals surface area contributed by atoms with E-state index in [2.05, 4.69) is 0 Å². The maximum atomic E-state index is 12.7. The molecule has 2 N–H and O–H groups in total. The van der Waals surface area contributed by atoms with Crippen molar-refractivity contribution in [1.82, 2.24) is 0 Å². The lowest BCUT2D eigenvalue weighted by Gasteiger charge is -2.17. The highest BCUT2D eigenvalue weighted by Crippen LogP contribution is 2.32. The molecule has 1 aliphatic carbocycles. The van der Waals surface area contributed by atoms with Crippen molar-refractivity contribution in [3.05, 3.63) is 23.2 Å². The van der Waals surface area contributed by atoms with Gasteiger partial charge in [0.1, 0.15) is 6.17 Å². The molecule has 1 unspecified atom stereocenters. The summed E-state index contributed by atoms with van der Waals surface area (Å²) in [5, 5.41) is 17.2. The van der Waals surface area contributed by atoms with Gasteiger partial charge < -0.3 is 10.0 Å². The van der Waals surface area contributed by atoms with Crippen molar-refractivity contribution in [2.75, 3.05) is 0 Å². The molecule has 7 heteroatoms. The Labute approximate surface area is 77.7 Å². The topological polar surface area (TPSA) is 40.5 Å². The van der Waals surface area contributed by atoms with Gasteiger partial charge in [0.2, 0.25) is 0 Å². The van der Waals surface area contributed by atoms with Crippen LogP contribution in [-0.2, 0) is 0 Å². The summed E-state index contributed by atoms with van der Waals surface area (Å²) in [7, 11) is -2.04. The predicted molar refractivity (Wildman–Crippen MR) is 41.9 cm³/mol. The monoisotopic (exact) mass is 210 g/mol. The highest BCUT2D eigenvalue weighted by Gasteiger charge is 2.36. The van der Waals surface area contributed by atoms with Gasteiger partial charge in [-0.05, 0) is 11.5 Å². The maximum absolute atomic E-state index is 12.7. The van der Waals surface area contributed by atoms with Gasteiger partial charge in [-0.3, -0.25) is 0 Å². The van der Waals surface area contributed by atoms with E-state index < -0.39 is 31.5 Å². The van der Waals surface area contributed by atoms with E-state index >= 15 is 0 Å². The highest BCUT2D eigenvalue weighted by atomic mass is 19.4. The lowest BCUT2D eigenvalue weighted by Crippen LogP contribution is -2.24. The minimum atomic E-state index is -4.66. The molecule has 0 spiro atoms. The van der Waals surface area contributed by atoms with E-state index in [4.69, 9.17) is 10.0 Å². The quantitative estimate of drug-likeness (QED) is 0.503. The Morgan fingerprint density at radius 3 is 2.36 bits per heavy atom. The lowest BCUT2D eigenvalue weighted by atomic mass is 9.73. The number of halogens is 4. The summed E-state index contributed by atoms with van der Waals surface area (Å²) in [6.45, 7) is 0. The minimum absolute atomic E-state index is 0.368. The van der Waals surface area contributed by atoms with Crippen molar-refractivity contribution in [3.63, 3.8) is 0 Å². The Morgan fingerprint density at radius 2 is 1.93 bits per heavy atom. The predicted octanol–water partition coefficient (Wildman–Crippen LogP) is 1.16. The smallest absolute Gasteiger partial charge is 0.423 e. The Kier molecular flexibility index (Phi) is 3.01. The SMILES string of the molecule is OB(O)C1=CC(C(F)(F)F)=CC(F)C1. The summed E-state index contributed by atoms with van der Waals surface area (Å²) in [6.07, 6.45) is -5.93. The Hall–Kier alpha value is -0.815. The van der Waals surface area contributed by atoms with Crippen LogP contribution in [0.4, 0.5) is 17.6 Å². The Morgan fingerprint density at radius 1 is 1.36 bits per heavy atom. The van der Waals surface area contributed by atoms with Crippen LogP contribution in [0.5, 0.6) is 0 Å². The van der Waals surface area contributed by atoms with E-state index in [0.29, 0.717) is 12.2 Å². The second kappa shape index (κ2) is 3.74. The molecule has 0 aliphatic heterocycles. The first kappa shape index (κ1) is 11.3. The van der Waals surface area contributed by atoms with Crippen LogP contribution in [0.3, 0.4) is 0 Å². The zero-order valence-electron chi connectivity index (χ0n) is 6.92. The molecule has 0 aromatic carbocycles. The second-order valence-electron chi connectivity index (χ2n) is 2.93. The fraction of sp³-hybridized carbons (Fsp3) is 0.429. The molecule has 0 fully saturated rings. The number of hydrogen-bond acceptors (Lipinski definition) is 2. The van der Waals surface area contributed by atoms with Gasteiger partial charge in [0.05, 0.1) is 5.57 Å². The van der Waals surface area contributed by atoms with Crippen LogP contribution >= 0.6 is 0 Å². The molecular weight excluding hydrogens is 203 g/mol. The van der Waals surface area contributed by atoms with Gasteiger partial charge >= 0.3 is 13.3 Å². The van der Waals surface area contributed by atoms with E-state index in [1.165, 1.54) is 0 Å². The van der Waals surface area contributed by atoms with Crippen molar-refractivity contribution < 1.29 is 27.6 Å². The molecule has 1 aliphatic rings. The van der Waals surface area contributed by atoms with Crippen molar-refractivity contribution in [2.45, 2.75) is 18.8 Å². The Balaban J connectivity index is 2.96. The summed E-state index contributed by atoms with van der Waals surface area (Å²) in [4.78, 5) is 0. The first-order valence-electron chi connectivity index (χ1n) is 3.80. The number of alkyl halides is 4. The van der Waals surface area contributed by atoms with E-state index in [-0.39, 0.29) is 5.47 Å². The van der Waals surface area contributed by atoms with Gasteiger partial charge in [0.25, 0.3) is 0 Å². The standard InChI is InChI=1S/C7H7BF4O2/c9-6-2-4(7(10,11)12)1-5(3-6)8(13)14/h1-2,6,13-14H,3H2. The Bertz CT molecular complexity index is 282. The molecule has 78 valence electrons. The van der Waals surface area contributed by atoms with Crippen LogP contribution in [0.2, 0.25) is 0 Å². The molecule has 0 heterocycles. The van der Waals surface area contributed by atoms with Crippen LogP contribution < -0.4 is 0 Å². The zero-order valence-corrected chi connectivity index (χ0v) is 6.92. The third-order valence-corrected chi connectivity index (χ3v) is 1.79. The summed E-state index contributed by atoms with van der Waals surface area (Å²) in [5.74, 6) is 0. The molecular formula is C7H7BF4O2. The fourth-order valence-corrected chi connectivity index (χ4v) is 1.14. The summed E-state index contributed by atoms with van der Waals surface area (Å²) in [6, 6.07) is 0. The number of rotatable bonds is 1. The van der Waals surface area contributed by atoms with Crippen LogP contribution in [0.25, 0.3) is 0 Å². The van der Waals surface area contributed by atoms with Gasteiger partial charge in [0, 0.05) is 6.42 Å². The molecule has 0 saturated heterocycles. The molecule has 0 amide bonds. The summed E-state index contributed by atoms with van der Waals surface area (Å²) < 4.78 is 49.1. The van der Waals surface area contributed by atoms with E-state index in [1.807, 2.05) is 0 Å². The highest BCUT2D eigenvalue weighted by molar-refractivity contribution is 6.50. The second-order valence-corrected chi connectivity index (χ2v) is 2.93. The van der Waals surface area contributed by atoms with Gasteiger partial charge in [0.15, 0.2) is 0 Å². The molecule has 0 radical (unpaired) electrons. The van der Waals surface area contributed by atoms with Gasteiger partial charge in [-0.25, -0.2) is 4.39 Å².